The fraction of sp³-hybridized carbons (Fsp3) is 0.458. The van der Waals surface area contributed by atoms with Crippen LogP contribution in [0.25, 0.3) is 0 Å². The van der Waals surface area contributed by atoms with Crippen LogP contribution in [0.15, 0.2) is 35.2 Å². The van der Waals surface area contributed by atoms with Gasteiger partial charge in [0.05, 0.1) is 4.90 Å². The average Bonchev–Trinajstić information content (AvgIpc) is 2.77. The predicted octanol–water partition coefficient (Wildman–Crippen LogP) is 2.72. The molecule has 4 rings (SSSR count). The molecule has 0 atom stereocenters. The Morgan fingerprint density at radius 1 is 0.939 bits per heavy atom. The second-order valence-corrected chi connectivity index (χ2v) is 10.5. The fourth-order valence-corrected chi connectivity index (χ4v) is 6.33. The number of piperazine rings is 1. The fourth-order valence-electron chi connectivity index (χ4n) is 4.50. The molecule has 0 saturated carbocycles. The molecular weight excluding hydrogens is 442 g/mol. The van der Waals surface area contributed by atoms with Gasteiger partial charge in [0.1, 0.15) is 13.2 Å². The number of anilines is 1. The number of sulfonamides is 1. The third-order valence-electron chi connectivity index (χ3n) is 6.01. The number of fused-ring (bicyclic) bond motifs is 1. The summed E-state index contributed by atoms with van der Waals surface area (Å²) in [6.07, 6.45) is 0.331. The van der Waals surface area contributed by atoms with E-state index in [2.05, 4.69) is 10.2 Å². The van der Waals surface area contributed by atoms with Crippen LogP contribution in [0.3, 0.4) is 0 Å². The minimum Gasteiger partial charge on any atom is -0.486 e. The van der Waals surface area contributed by atoms with Crippen molar-refractivity contribution in [3.8, 4) is 11.5 Å². The van der Waals surface area contributed by atoms with Crippen molar-refractivity contribution in [2.75, 3.05) is 51.3 Å². The second-order valence-electron chi connectivity index (χ2n) is 8.63. The Morgan fingerprint density at radius 3 is 2.24 bits per heavy atom. The number of carbonyl (C=O) groups is 1. The van der Waals surface area contributed by atoms with Gasteiger partial charge in [-0.3, -0.25) is 4.79 Å². The number of ether oxygens (including phenoxy) is 2. The lowest BCUT2D eigenvalue weighted by Gasteiger charge is -2.34. The van der Waals surface area contributed by atoms with E-state index in [0.717, 1.165) is 16.7 Å². The summed E-state index contributed by atoms with van der Waals surface area (Å²) in [7, 11) is -3.54. The maximum absolute atomic E-state index is 13.2. The number of carbonyl (C=O) groups excluding carboxylic acids is 1. The number of nitrogens with one attached hydrogen (secondary N) is 1. The van der Waals surface area contributed by atoms with Crippen LogP contribution in [0.2, 0.25) is 0 Å². The maximum Gasteiger partial charge on any atom is 0.243 e. The van der Waals surface area contributed by atoms with Crippen LogP contribution in [0.1, 0.15) is 23.1 Å². The van der Waals surface area contributed by atoms with Gasteiger partial charge in [0.2, 0.25) is 15.9 Å². The van der Waals surface area contributed by atoms with Crippen molar-refractivity contribution in [3.63, 3.8) is 0 Å². The van der Waals surface area contributed by atoms with Crippen molar-refractivity contribution in [2.45, 2.75) is 32.1 Å². The summed E-state index contributed by atoms with van der Waals surface area (Å²) >= 11 is 0. The largest absolute Gasteiger partial charge is 0.486 e. The van der Waals surface area contributed by atoms with E-state index < -0.39 is 10.0 Å². The number of benzene rings is 2. The zero-order valence-corrected chi connectivity index (χ0v) is 20.2. The van der Waals surface area contributed by atoms with Crippen molar-refractivity contribution in [1.82, 2.24) is 9.21 Å². The normalized spacial score (nSPS) is 17.1. The van der Waals surface area contributed by atoms with Crippen molar-refractivity contribution in [1.29, 1.82) is 0 Å². The van der Waals surface area contributed by atoms with Crippen LogP contribution in [-0.4, -0.2) is 69.5 Å². The van der Waals surface area contributed by atoms with Crippen LogP contribution < -0.4 is 14.8 Å². The highest BCUT2D eigenvalue weighted by molar-refractivity contribution is 7.89. The predicted molar refractivity (Wildman–Crippen MR) is 127 cm³/mol. The van der Waals surface area contributed by atoms with E-state index in [0.29, 0.717) is 74.4 Å². The number of rotatable bonds is 6. The first-order valence-corrected chi connectivity index (χ1v) is 12.7. The summed E-state index contributed by atoms with van der Waals surface area (Å²) < 4.78 is 39.1. The Hall–Kier alpha value is -2.62. The Bertz CT molecular complexity index is 1120. The maximum atomic E-state index is 13.2. The number of aryl methyl sites for hydroxylation is 3. The highest BCUT2D eigenvalue weighted by Gasteiger charge is 2.31. The number of hydrogen-bond donors (Lipinski definition) is 1. The molecule has 0 aromatic heterocycles. The van der Waals surface area contributed by atoms with E-state index in [-0.39, 0.29) is 5.91 Å². The van der Waals surface area contributed by atoms with Crippen LogP contribution >= 0.6 is 0 Å². The molecule has 2 aromatic carbocycles. The van der Waals surface area contributed by atoms with Crippen molar-refractivity contribution in [2.24, 2.45) is 0 Å². The van der Waals surface area contributed by atoms with Gasteiger partial charge in [-0.15, -0.1) is 0 Å². The van der Waals surface area contributed by atoms with Gasteiger partial charge in [0, 0.05) is 50.9 Å². The van der Waals surface area contributed by atoms with E-state index in [1.807, 2.05) is 32.9 Å². The summed E-state index contributed by atoms with van der Waals surface area (Å²) in [6, 6.07) is 9.18. The van der Waals surface area contributed by atoms with Gasteiger partial charge in [0.15, 0.2) is 11.5 Å². The van der Waals surface area contributed by atoms with E-state index in [9.17, 15) is 13.2 Å². The third-order valence-corrected chi connectivity index (χ3v) is 8.22. The van der Waals surface area contributed by atoms with Gasteiger partial charge < -0.3 is 19.7 Å². The topological polar surface area (TPSA) is 88.2 Å². The van der Waals surface area contributed by atoms with Gasteiger partial charge in [-0.1, -0.05) is 17.7 Å². The molecule has 0 radical (unpaired) electrons. The summed E-state index contributed by atoms with van der Waals surface area (Å²) in [5.41, 5.74) is 3.30. The monoisotopic (exact) mass is 473 g/mol. The van der Waals surface area contributed by atoms with Crippen molar-refractivity contribution < 1.29 is 22.7 Å². The summed E-state index contributed by atoms with van der Waals surface area (Å²) in [5, 5.41) is 2.90. The van der Waals surface area contributed by atoms with Gasteiger partial charge in [0.25, 0.3) is 0 Å². The number of amides is 1. The van der Waals surface area contributed by atoms with Crippen LogP contribution in [0.5, 0.6) is 11.5 Å². The Morgan fingerprint density at radius 2 is 1.58 bits per heavy atom. The molecule has 2 aliphatic rings. The van der Waals surface area contributed by atoms with Crippen molar-refractivity contribution >= 4 is 21.6 Å². The lowest BCUT2D eigenvalue weighted by Crippen LogP contribution is -2.49. The zero-order valence-electron chi connectivity index (χ0n) is 19.4. The number of hydrogen-bond acceptors (Lipinski definition) is 6. The molecule has 1 fully saturated rings. The van der Waals surface area contributed by atoms with E-state index in [1.54, 1.807) is 22.5 Å². The first kappa shape index (κ1) is 23.5. The van der Waals surface area contributed by atoms with Crippen LogP contribution in [-0.2, 0) is 14.8 Å². The van der Waals surface area contributed by atoms with E-state index >= 15 is 0 Å². The Kier molecular flexibility index (Phi) is 6.92. The highest BCUT2D eigenvalue weighted by Crippen LogP contribution is 2.32. The molecule has 0 spiro atoms. The van der Waals surface area contributed by atoms with Gasteiger partial charge in [-0.25, -0.2) is 8.42 Å². The first-order valence-electron chi connectivity index (χ1n) is 11.2. The van der Waals surface area contributed by atoms with Gasteiger partial charge in [-0.2, -0.15) is 4.31 Å². The standard InChI is InChI=1S/C24H31N3O5S/c1-17-14-18(2)24(19(3)15-17)33(29,30)27-10-8-26(9-11-27)7-6-23(28)25-20-4-5-21-22(16-20)32-13-12-31-21/h4-5,14-16H,6-13H2,1-3H3,(H,25,28). The molecule has 178 valence electrons. The molecule has 0 aliphatic carbocycles. The van der Waals surface area contributed by atoms with E-state index in [1.165, 1.54) is 0 Å². The third kappa shape index (κ3) is 5.31. The molecule has 8 nitrogen and oxygen atoms in total. The average molecular weight is 474 g/mol. The van der Waals surface area contributed by atoms with Crippen LogP contribution in [0.4, 0.5) is 5.69 Å². The number of nitrogens with zero attached hydrogens (tertiary/aromatic N) is 2. The highest BCUT2D eigenvalue weighted by atomic mass is 32.2. The summed E-state index contributed by atoms with van der Waals surface area (Å²) in [4.78, 5) is 15.0. The van der Waals surface area contributed by atoms with Gasteiger partial charge >= 0.3 is 0 Å². The lowest BCUT2D eigenvalue weighted by atomic mass is 10.1. The molecule has 0 bridgehead atoms. The molecule has 2 heterocycles. The van der Waals surface area contributed by atoms with Crippen LogP contribution in [0, 0.1) is 20.8 Å². The SMILES string of the molecule is Cc1cc(C)c(S(=O)(=O)N2CCN(CCC(=O)Nc3ccc4c(c3)OCCO4)CC2)c(C)c1. The van der Waals surface area contributed by atoms with E-state index in [4.69, 9.17) is 9.47 Å². The Balaban J connectivity index is 1.28. The first-order chi connectivity index (χ1) is 15.7. The molecule has 0 unspecified atom stereocenters. The molecular formula is C24H31N3O5S. The zero-order chi connectivity index (χ0) is 23.6. The molecule has 33 heavy (non-hydrogen) atoms. The minimum absolute atomic E-state index is 0.0902. The lowest BCUT2D eigenvalue weighted by molar-refractivity contribution is -0.116. The molecule has 1 N–H and O–H groups in total. The Labute approximate surface area is 195 Å². The molecule has 1 saturated heterocycles. The minimum atomic E-state index is -3.54. The molecule has 2 aliphatic heterocycles. The van der Waals surface area contributed by atoms with Crippen molar-refractivity contribution in [3.05, 3.63) is 47.0 Å². The molecule has 9 heteroatoms. The summed E-state index contributed by atoms with van der Waals surface area (Å²) in [5.74, 6) is 1.23. The summed E-state index contributed by atoms with van der Waals surface area (Å²) in [6.45, 7) is 9.30. The quantitative estimate of drug-likeness (QED) is 0.694. The molecule has 2 aromatic rings. The smallest absolute Gasteiger partial charge is 0.243 e. The van der Waals surface area contributed by atoms with Gasteiger partial charge in [-0.05, 0) is 44.0 Å². The second kappa shape index (κ2) is 9.70. The molecule has 1 amide bonds.